The van der Waals surface area contributed by atoms with Crippen LogP contribution in [0, 0.1) is 0 Å². The zero-order chi connectivity index (χ0) is 32.2. The monoisotopic (exact) mass is 682 g/mol. The van der Waals surface area contributed by atoms with Gasteiger partial charge in [0.25, 0.3) is 22.3 Å². The third kappa shape index (κ3) is 11.8. The van der Waals surface area contributed by atoms with Gasteiger partial charge in [-0.25, -0.2) is 0 Å². The number of nitrogens with one attached hydrogen (secondary N) is 2. The van der Waals surface area contributed by atoms with Crippen molar-refractivity contribution in [2.45, 2.75) is 39.9 Å². The van der Waals surface area contributed by atoms with Gasteiger partial charge in [-0.3, -0.25) is 29.8 Å². The zero-order valence-electron chi connectivity index (χ0n) is 24.4. The fourth-order valence-electron chi connectivity index (χ4n) is 3.46. The Morgan fingerprint density at radius 3 is 1.34 bits per heavy atom. The van der Waals surface area contributed by atoms with Crippen molar-refractivity contribution >= 4 is 81.2 Å². The van der Waals surface area contributed by atoms with Crippen LogP contribution in [0.2, 0.25) is 10.0 Å². The highest BCUT2D eigenvalue weighted by molar-refractivity contribution is 8.18. The second-order valence-corrected chi connectivity index (χ2v) is 12.5. The Morgan fingerprint density at radius 1 is 0.659 bits per heavy atom. The van der Waals surface area contributed by atoms with E-state index in [-0.39, 0.29) is 22.7 Å². The van der Waals surface area contributed by atoms with Gasteiger partial charge < -0.3 is 18.9 Å². The summed E-state index contributed by atoms with van der Waals surface area (Å²) in [6.07, 6.45) is 3.54. The second kappa shape index (κ2) is 17.5. The number of ether oxygens (including phenoxy) is 4. The number of halogens is 2. The Labute approximate surface area is 274 Å². The highest BCUT2D eigenvalue weighted by Crippen LogP contribution is 2.31. The molecule has 0 saturated carbocycles. The molecule has 4 amide bonds. The molecule has 2 N–H and O–H groups in total. The normalized spacial score (nSPS) is 16.5. The van der Waals surface area contributed by atoms with Crippen molar-refractivity contribution in [2.24, 2.45) is 0 Å². The maximum Gasteiger partial charge on any atom is 0.290 e. The van der Waals surface area contributed by atoms with Gasteiger partial charge in [0.2, 0.25) is 0 Å². The van der Waals surface area contributed by atoms with Gasteiger partial charge in [0.1, 0.15) is 24.7 Å². The van der Waals surface area contributed by atoms with Crippen LogP contribution in [-0.4, -0.2) is 60.9 Å². The quantitative estimate of drug-likeness (QED) is 0.179. The van der Waals surface area contributed by atoms with Crippen molar-refractivity contribution in [3.63, 3.8) is 0 Å². The molecule has 14 heteroatoms. The van der Waals surface area contributed by atoms with E-state index in [1.807, 2.05) is 27.7 Å². The summed E-state index contributed by atoms with van der Waals surface area (Å²) in [6, 6.07) is 10.4. The first-order valence-electron chi connectivity index (χ1n) is 13.5. The van der Waals surface area contributed by atoms with Crippen molar-refractivity contribution in [1.29, 1.82) is 0 Å². The number of hydrogen-bond acceptors (Lipinski definition) is 10. The maximum atomic E-state index is 11.5. The van der Waals surface area contributed by atoms with Crippen molar-refractivity contribution in [3.8, 4) is 11.5 Å². The smallest absolute Gasteiger partial charge is 0.290 e. The van der Waals surface area contributed by atoms with Gasteiger partial charge in [-0.2, -0.15) is 0 Å². The summed E-state index contributed by atoms with van der Waals surface area (Å²) in [5.74, 6) is 0.320. The Bertz CT molecular complexity index is 1340. The molecule has 0 aromatic heterocycles. The highest BCUT2D eigenvalue weighted by atomic mass is 35.5. The molecule has 0 spiro atoms. The molecule has 2 aliphatic rings. The molecule has 2 heterocycles. The van der Waals surface area contributed by atoms with E-state index in [4.69, 9.17) is 42.1 Å². The van der Waals surface area contributed by atoms with Crippen LogP contribution in [0.3, 0.4) is 0 Å². The Hall–Kier alpha value is -3.00. The molecule has 0 aliphatic carbocycles. The molecule has 2 saturated heterocycles. The molecule has 0 unspecified atom stereocenters. The van der Waals surface area contributed by atoms with Gasteiger partial charge in [0.15, 0.2) is 0 Å². The molecule has 2 aromatic carbocycles. The average Bonchev–Trinajstić information content (AvgIpc) is 3.43. The van der Waals surface area contributed by atoms with Crippen LogP contribution in [0.25, 0.3) is 12.2 Å². The van der Waals surface area contributed by atoms with E-state index in [0.29, 0.717) is 57.8 Å². The van der Waals surface area contributed by atoms with Crippen LogP contribution in [0.15, 0.2) is 46.2 Å². The third-order valence-corrected chi connectivity index (χ3v) is 7.59. The molecule has 2 aromatic rings. The summed E-state index contributed by atoms with van der Waals surface area (Å²) in [7, 11) is 0. The van der Waals surface area contributed by atoms with Crippen LogP contribution < -0.4 is 20.1 Å². The summed E-state index contributed by atoms with van der Waals surface area (Å²) in [4.78, 5) is 45.9. The number of imide groups is 2. The van der Waals surface area contributed by atoms with Crippen molar-refractivity contribution in [1.82, 2.24) is 10.6 Å². The van der Waals surface area contributed by atoms with Crippen LogP contribution in [0.4, 0.5) is 9.59 Å². The fraction of sp³-hybridized carbons (Fsp3) is 0.333. The van der Waals surface area contributed by atoms with Crippen LogP contribution in [-0.2, 0) is 19.1 Å². The van der Waals surface area contributed by atoms with E-state index in [2.05, 4.69) is 10.6 Å². The Morgan fingerprint density at radius 2 is 1.05 bits per heavy atom. The molecule has 44 heavy (non-hydrogen) atoms. The number of amides is 4. The van der Waals surface area contributed by atoms with Crippen molar-refractivity contribution in [3.05, 3.63) is 67.4 Å². The van der Waals surface area contributed by atoms with E-state index in [1.165, 1.54) is 0 Å². The molecular formula is C30H32Cl2N2O8S2. The summed E-state index contributed by atoms with van der Waals surface area (Å²) in [5.41, 5.74) is 1.45. The van der Waals surface area contributed by atoms with Crippen LogP contribution in [0.1, 0.15) is 38.8 Å². The van der Waals surface area contributed by atoms with Crippen LogP contribution in [0.5, 0.6) is 11.5 Å². The number of carbonyl (C=O) groups is 4. The number of benzene rings is 2. The molecule has 10 nitrogen and oxygen atoms in total. The molecule has 0 atom stereocenters. The van der Waals surface area contributed by atoms with Crippen molar-refractivity contribution in [2.75, 3.05) is 26.4 Å². The molecule has 0 radical (unpaired) electrons. The topological polar surface area (TPSA) is 129 Å². The number of carbonyl (C=O) groups excluding carboxylic acids is 4. The number of hydrogen-bond donors (Lipinski definition) is 2. The lowest BCUT2D eigenvalue weighted by molar-refractivity contribution is -0.116. The van der Waals surface area contributed by atoms with E-state index < -0.39 is 11.8 Å². The first-order chi connectivity index (χ1) is 20.9. The first kappa shape index (κ1) is 35.5. The van der Waals surface area contributed by atoms with Crippen molar-refractivity contribution < 1.29 is 38.1 Å². The van der Waals surface area contributed by atoms with E-state index in [9.17, 15) is 19.2 Å². The summed E-state index contributed by atoms with van der Waals surface area (Å²) >= 11 is 14.0. The van der Waals surface area contributed by atoms with Gasteiger partial charge >= 0.3 is 0 Å². The molecule has 0 bridgehead atoms. The van der Waals surface area contributed by atoms with E-state index >= 15 is 0 Å². The molecule has 2 aliphatic heterocycles. The van der Waals surface area contributed by atoms with E-state index in [1.54, 1.807) is 48.6 Å². The predicted octanol–water partition coefficient (Wildman–Crippen LogP) is 6.94. The van der Waals surface area contributed by atoms with E-state index in [0.717, 1.165) is 34.7 Å². The standard InChI is InChI=1S/2C15H16ClNO4S/c2*1-9(2)20-5-6-21-12-4-3-10(7-11(12)16)8-13-14(18)17-15(19)22-13/h2*3-4,7-9H,5-6H2,1-2H3,(H,17,18,19). The largest absolute Gasteiger partial charge is 0.490 e. The molecule has 2 fully saturated rings. The van der Waals surface area contributed by atoms with Gasteiger partial charge in [0, 0.05) is 0 Å². The lowest BCUT2D eigenvalue weighted by atomic mass is 10.2. The second-order valence-electron chi connectivity index (χ2n) is 9.62. The fourth-order valence-corrected chi connectivity index (χ4v) is 5.32. The SMILES string of the molecule is CC(C)OCCOc1ccc(C=C2SC(=O)NC2=O)cc1Cl.CC(C)OCCOc1ccc(C=C2SC(=O)NC2=O)cc1Cl. The predicted molar refractivity (Wildman–Crippen MR) is 174 cm³/mol. The molecular weight excluding hydrogens is 651 g/mol. The Kier molecular flexibility index (Phi) is 14.1. The number of thioether (sulfide) groups is 2. The summed E-state index contributed by atoms with van der Waals surface area (Å²) in [5, 5.41) is 4.54. The molecule has 4 rings (SSSR count). The average molecular weight is 684 g/mol. The Balaban J connectivity index is 0.000000240. The zero-order valence-corrected chi connectivity index (χ0v) is 27.6. The number of rotatable bonds is 12. The first-order valence-corrected chi connectivity index (χ1v) is 15.9. The third-order valence-electron chi connectivity index (χ3n) is 5.38. The van der Waals surface area contributed by atoms with Crippen LogP contribution >= 0.6 is 46.7 Å². The lowest BCUT2D eigenvalue weighted by Crippen LogP contribution is -2.17. The minimum Gasteiger partial charge on any atom is -0.490 e. The van der Waals surface area contributed by atoms with Gasteiger partial charge in [-0.05, 0) is 98.8 Å². The van der Waals surface area contributed by atoms with Gasteiger partial charge in [-0.1, -0.05) is 35.3 Å². The van der Waals surface area contributed by atoms with Gasteiger partial charge in [0.05, 0.1) is 45.3 Å². The minimum absolute atomic E-state index is 0.158. The molecule has 236 valence electrons. The highest BCUT2D eigenvalue weighted by Gasteiger charge is 2.26. The summed E-state index contributed by atoms with van der Waals surface area (Å²) in [6.45, 7) is 9.61. The maximum absolute atomic E-state index is 11.5. The summed E-state index contributed by atoms with van der Waals surface area (Å²) < 4.78 is 21.8. The lowest BCUT2D eigenvalue weighted by Gasteiger charge is -2.10. The minimum atomic E-state index is -0.391. The van der Waals surface area contributed by atoms with Gasteiger partial charge in [-0.15, -0.1) is 0 Å².